The first-order valence-electron chi connectivity index (χ1n) is 6.04. The first-order valence-corrected chi connectivity index (χ1v) is 6.04. The van der Waals surface area contributed by atoms with Crippen LogP contribution in [-0.4, -0.2) is 21.9 Å². The highest BCUT2D eigenvalue weighted by Crippen LogP contribution is 2.04. The van der Waals surface area contributed by atoms with Gasteiger partial charge in [0.25, 0.3) is 5.91 Å². The fourth-order valence-corrected chi connectivity index (χ4v) is 1.62. The van der Waals surface area contributed by atoms with E-state index in [1.54, 1.807) is 36.7 Å². The molecule has 20 heavy (non-hydrogen) atoms. The predicted octanol–water partition coefficient (Wildman–Crippen LogP) is 0.508. The van der Waals surface area contributed by atoms with Crippen molar-refractivity contribution in [1.29, 1.82) is 0 Å². The van der Waals surface area contributed by atoms with Gasteiger partial charge in [0.05, 0.1) is 6.54 Å². The van der Waals surface area contributed by atoms with Crippen molar-refractivity contribution in [3.8, 4) is 0 Å². The van der Waals surface area contributed by atoms with E-state index in [1.807, 2.05) is 0 Å². The maximum atomic E-state index is 11.9. The molecule has 104 valence electrons. The van der Waals surface area contributed by atoms with Crippen molar-refractivity contribution in [3.05, 3.63) is 53.6 Å². The number of hydrogen-bond donors (Lipinski definition) is 4. The molecular weight excluding hydrogens is 258 g/mol. The minimum absolute atomic E-state index is 0.184. The average Bonchev–Trinajstić information content (AvgIpc) is 2.96. The number of rotatable bonds is 5. The summed E-state index contributed by atoms with van der Waals surface area (Å²) in [4.78, 5) is 29.4. The molecule has 0 radical (unpaired) electrons. The fourth-order valence-electron chi connectivity index (χ4n) is 1.62. The minimum atomic E-state index is -0.578. The van der Waals surface area contributed by atoms with E-state index in [2.05, 4.69) is 20.6 Å². The maximum Gasteiger partial charge on any atom is 0.312 e. The number of nitrogens with two attached hydrogens (primary N) is 1. The molecular formula is C13H15N5O2. The third kappa shape index (κ3) is 3.84. The van der Waals surface area contributed by atoms with Gasteiger partial charge in [0.1, 0.15) is 5.82 Å². The summed E-state index contributed by atoms with van der Waals surface area (Å²) < 4.78 is 0. The number of nitrogens with zero attached hydrogens (tertiary/aromatic N) is 1. The second kappa shape index (κ2) is 6.37. The molecule has 0 fully saturated rings. The van der Waals surface area contributed by atoms with Gasteiger partial charge in [0.2, 0.25) is 0 Å². The highest BCUT2D eigenvalue weighted by atomic mass is 16.2. The normalized spacial score (nSPS) is 10.0. The van der Waals surface area contributed by atoms with Crippen molar-refractivity contribution in [2.45, 2.75) is 13.1 Å². The Labute approximate surface area is 115 Å². The quantitative estimate of drug-likeness (QED) is 0.636. The molecule has 1 heterocycles. The number of hydrogen-bond acceptors (Lipinski definition) is 3. The highest BCUT2D eigenvalue weighted by molar-refractivity contribution is 5.94. The van der Waals surface area contributed by atoms with Gasteiger partial charge in [0, 0.05) is 24.5 Å². The van der Waals surface area contributed by atoms with E-state index in [0.29, 0.717) is 24.5 Å². The maximum absolute atomic E-state index is 11.9. The van der Waals surface area contributed by atoms with Gasteiger partial charge in [-0.15, -0.1) is 0 Å². The van der Waals surface area contributed by atoms with Crippen molar-refractivity contribution in [2.24, 2.45) is 5.73 Å². The van der Waals surface area contributed by atoms with Gasteiger partial charge in [-0.25, -0.2) is 9.78 Å². The van der Waals surface area contributed by atoms with Gasteiger partial charge >= 0.3 is 6.03 Å². The molecule has 0 aliphatic carbocycles. The summed E-state index contributed by atoms with van der Waals surface area (Å²) in [5.41, 5.74) is 6.39. The summed E-state index contributed by atoms with van der Waals surface area (Å²) >= 11 is 0. The summed E-state index contributed by atoms with van der Waals surface area (Å²) in [5.74, 6) is 0.511. The molecule has 0 unspecified atom stereocenters. The van der Waals surface area contributed by atoms with E-state index >= 15 is 0 Å². The van der Waals surface area contributed by atoms with E-state index in [4.69, 9.17) is 5.73 Å². The minimum Gasteiger partial charge on any atom is -0.352 e. The van der Waals surface area contributed by atoms with Gasteiger partial charge in [-0.3, -0.25) is 4.79 Å². The molecule has 0 bridgehead atoms. The molecule has 1 aromatic carbocycles. The molecule has 2 rings (SSSR count). The van der Waals surface area contributed by atoms with E-state index in [9.17, 15) is 9.59 Å². The van der Waals surface area contributed by atoms with Crippen LogP contribution in [0.25, 0.3) is 0 Å². The monoisotopic (exact) mass is 273 g/mol. The second-order valence-electron chi connectivity index (χ2n) is 4.13. The van der Waals surface area contributed by atoms with Crippen LogP contribution in [0.5, 0.6) is 0 Å². The van der Waals surface area contributed by atoms with Crippen molar-refractivity contribution in [3.63, 3.8) is 0 Å². The zero-order valence-electron chi connectivity index (χ0n) is 10.7. The van der Waals surface area contributed by atoms with Crippen LogP contribution in [0.4, 0.5) is 4.79 Å². The smallest absolute Gasteiger partial charge is 0.312 e. The molecule has 0 aliphatic heterocycles. The highest BCUT2D eigenvalue weighted by Gasteiger charge is 2.06. The Hall–Kier alpha value is -2.83. The number of imidazole rings is 1. The Morgan fingerprint density at radius 2 is 1.90 bits per heavy atom. The van der Waals surface area contributed by atoms with E-state index in [1.165, 1.54) is 0 Å². The number of H-pyrrole nitrogens is 1. The topological polar surface area (TPSA) is 113 Å². The molecule has 0 spiro atoms. The molecule has 0 saturated carbocycles. The SMILES string of the molecule is NC(=O)NCc1ccc(C(=O)NCc2ncc[nH]2)cc1. The van der Waals surface area contributed by atoms with E-state index in [-0.39, 0.29) is 5.91 Å². The molecule has 7 nitrogen and oxygen atoms in total. The van der Waals surface area contributed by atoms with Crippen LogP contribution >= 0.6 is 0 Å². The lowest BCUT2D eigenvalue weighted by atomic mass is 10.1. The van der Waals surface area contributed by atoms with Crippen molar-refractivity contribution in [1.82, 2.24) is 20.6 Å². The third-order valence-corrected chi connectivity index (χ3v) is 2.65. The number of nitrogens with one attached hydrogen (secondary N) is 3. The Kier molecular flexibility index (Phi) is 4.33. The van der Waals surface area contributed by atoms with Gasteiger partial charge in [-0.1, -0.05) is 12.1 Å². The van der Waals surface area contributed by atoms with Crippen LogP contribution in [-0.2, 0) is 13.1 Å². The fraction of sp³-hybridized carbons (Fsp3) is 0.154. The standard InChI is InChI=1S/C13H15N5O2/c14-13(20)18-7-9-1-3-10(4-2-9)12(19)17-8-11-15-5-6-16-11/h1-6H,7-8H2,(H,15,16)(H,17,19)(H3,14,18,20). The van der Waals surface area contributed by atoms with Crippen LogP contribution < -0.4 is 16.4 Å². The van der Waals surface area contributed by atoms with Crippen LogP contribution in [0.15, 0.2) is 36.7 Å². The number of carbonyl (C=O) groups excluding carboxylic acids is 2. The first kappa shape index (κ1) is 13.6. The Morgan fingerprint density at radius 3 is 2.50 bits per heavy atom. The largest absolute Gasteiger partial charge is 0.352 e. The van der Waals surface area contributed by atoms with Crippen molar-refractivity contribution >= 4 is 11.9 Å². The van der Waals surface area contributed by atoms with Crippen LogP contribution in [0, 0.1) is 0 Å². The lowest BCUT2D eigenvalue weighted by Crippen LogP contribution is -2.28. The number of amides is 3. The van der Waals surface area contributed by atoms with Crippen LogP contribution in [0.3, 0.4) is 0 Å². The summed E-state index contributed by atoms with van der Waals surface area (Å²) in [6.45, 7) is 0.681. The predicted molar refractivity (Wildman–Crippen MR) is 72.6 cm³/mol. The molecule has 0 saturated heterocycles. The zero-order chi connectivity index (χ0) is 14.4. The summed E-state index contributed by atoms with van der Waals surface area (Å²) in [7, 11) is 0. The number of benzene rings is 1. The van der Waals surface area contributed by atoms with Crippen molar-refractivity contribution in [2.75, 3.05) is 0 Å². The van der Waals surface area contributed by atoms with Gasteiger partial charge in [0.15, 0.2) is 0 Å². The van der Waals surface area contributed by atoms with Crippen molar-refractivity contribution < 1.29 is 9.59 Å². The molecule has 2 aromatic rings. The number of primary amides is 1. The molecule has 3 amide bonds. The molecule has 0 aliphatic rings. The zero-order valence-corrected chi connectivity index (χ0v) is 10.7. The Morgan fingerprint density at radius 1 is 1.15 bits per heavy atom. The second-order valence-corrected chi connectivity index (χ2v) is 4.13. The summed E-state index contributed by atoms with van der Waals surface area (Å²) in [5, 5.41) is 5.23. The molecule has 7 heteroatoms. The number of aromatic nitrogens is 2. The van der Waals surface area contributed by atoms with E-state index in [0.717, 1.165) is 5.56 Å². The number of aromatic amines is 1. The summed E-state index contributed by atoms with van der Waals surface area (Å²) in [6.07, 6.45) is 3.32. The third-order valence-electron chi connectivity index (χ3n) is 2.65. The molecule has 5 N–H and O–H groups in total. The van der Waals surface area contributed by atoms with Gasteiger partial charge < -0.3 is 21.4 Å². The summed E-state index contributed by atoms with van der Waals surface area (Å²) in [6, 6.07) is 6.32. The van der Waals surface area contributed by atoms with Gasteiger partial charge in [-0.2, -0.15) is 0 Å². The lowest BCUT2D eigenvalue weighted by Gasteiger charge is -2.05. The molecule has 0 atom stereocenters. The van der Waals surface area contributed by atoms with Crippen LogP contribution in [0.1, 0.15) is 21.7 Å². The van der Waals surface area contributed by atoms with E-state index < -0.39 is 6.03 Å². The lowest BCUT2D eigenvalue weighted by molar-refractivity contribution is 0.0950. The Bertz CT molecular complexity index is 577. The Balaban J connectivity index is 1.88. The molecule has 1 aromatic heterocycles. The average molecular weight is 273 g/mol. The first-order chi connectivity index (χ1) is 9.65. The number of carbonyl (C=O) groups is 2. The van der Waals surface area contributed by atoms with Crippen LogP contribution in [0.2, 0.25) is 0 Å². The van der Waals surface area contributed by atoms with Gasteiger partial charge in [-0.05, 0) is 17.7 Å². The number of urea groups is 1.